The third-order valence-corrected chi connectivity index (χ3v) is 7.04. The molecule has 1 aromatic heterocycles. The van der Waals surface area contributed by atoms with Crippen LogP contribution in [0.15, 0.2) is 58.4 Å². The molecule has 0 bridgehead atoms. The average molecular weight is 418 g/mol. The number of para-hydroxylation sites is 1. The maximum absolute atomic E-state index is 12.8. The van der Waals surface area contributed by atoms with Crippen LogP contribution in [0.25, 0.3) is 10.2 Å². The second kappa shape index (κ2) is 7.98. The Kier molecular flexibility index (Phi) is 5.83. The number of benzene rings is 2. The van der Waals surface area contributed by atoms with Crippen LogP contribution in [0.2, 0.25) is 0 Å². The summed E-state index contributed by atoms with van der Waals surface area (Å²) in [5, 5.41) is 0. The molecule has 0 aliphatic carbocycles. The lowest BCUT2D eigenvalue weighted by molar-refractivity contribution is -0.120. The molecular formula is C20H23N3O3S2. The smallest absolute Gasteiger partial charge is 0.266 e. The lowest BCUT2D eigenvalue weighted by atomic mass is 10.1. The number of thiazole rings is 1. The number of nitrogens with one attached hydrogen (secondary N) is 1. The normalized spacial score (nSPS) is 14.0. The second-order valence-electron chi connectivity index (χ2n) is 7.02. The minimum atomic E-state index is -3.83. The molecule has 1 atom stereocenters. The van der Waals surface area contributed by atoms with Gasteiger partial charge in [-0.2, -0.15) is 9.71 Å². The Bertz CT molecular complexity index is 1170. The van der Waals surface area contributed by atoms with Gasteiger partial charge in [-0.15, -0.1) is 0 Å². The summed E-state index contributed by atoms with van der Waals surface area (Å²) in [5.41, 5.74) is 1.93. The molecule has 0 saturated heterocycles. The van der Waals surface area contributed by atoms with Gasteiger partial charge in [-0.3, -0.25) is 4.79 Å². The van der Waals surface area contributed by atoms with Crippen LogP contribution < -0.4 is 9.52 Å². The molecule has 3 rings (SSSR count). The van der Waals surface area contributed by atoms with Crippen molar-refractivity contribution in [3.05, 3.63) is 58.9 Å². The highest BCUT2D eigenvalue weighted by atomic mass is 32.2. The summed E-state index contributed by atoms with van der Waals surface area (Å²) in [7, 11) is -1.99. The lowest BCUT2D eigenvalue weighted by Gasteiger charge is -2.19. The van der Waals surface area contributed by atoms with E-state index in [-0.39, 0.29) is 10.8 Å². The van der Waals surface area contributed by atoms with Crippen molar-refractivity contribution in [1.29, 1.82) is 0 Å². The van der Waals surface area contributed by atoms with Crippen molar-refractivity contribution < 1.29 is 13.2 Å². The fourth-order valence-electron chi connectivity index (χ4n) is 2.78. The predicted molar refractivity (Wildman–Crippen MR) is 111 cm³/mol. The molecule has 0 aliphatic rings. The minimum Gasteiger partial charge on any atom is -0.319 e. The quantitative estimate of drug-likeness (QED) is 0.693. The van der Waals surface area contributed by atoms with Gasteiger partial charge in [0.25, 0.3) is 5.91 Å². The number of fused-ring (bicyclic) bond motifs is 1. The van der Waals surface area contributed by atoms with Crippen molar-refractivity contribution in [2.24, 2.45) is 18.0 Å². The number of hydrogen-bond donors (Lipinski definition) is 1. The summed E-state index contributed by atoms with van der Waals surface area (Å²) in [6, 6.07) is 13.3. The largest absolute Gasteiger partial charge is 0.319 e. The third-order valence-electron chi connectivity index (χ3n) is 4.47. The first-order valence-corrected chi connectivity index (χ1v) is 11.2. The van der Waals surface area contributed by atoms with Gasteiger partial charge in [0, 0.05) is 7.05 Å². The summed E-state index contributed by atoms with van der Waals surface area (Å²) < 4.78 is 30.8. The SMILES string of the molecule is Cc1ccc(S(=O)(=O)N[C@H](C(=O)N=c2sc3ccccc3n2C)C(C)C)cc1. The molecule has 0 aliphatic heterocycles. The number of carbonyl (C=O) groups excluding carboxylic acids is 1. The Labute approximate surface area is 168 Å². The zero-order valence-corrected chi connectivity index (χ0v) is 17.8. The minimum absolute atomic E-state index is 0.129. The molecule has 1 heterocycles. The molecule has 148 valence electrons. The Balaban J connectivity index is 1.94. The summed E-state index contributed by atoms with van der Waals surface area (Å²) in [6.07, 6.45) is 0. The Morgan fingerprint density at radius 1 is 1.11 bits per heavy atom. The molecule has 0 spiro atoms. The van der Waals surface area contributed by atoms with Crippen LogP contribution in [-0.2, 0) is 21.9 Å². The van der Waals surface area contributed by atoms with Gasteiger partial charge in [0.05, 0.1) is 15.1 Å². The van der Waals surface area contributed by atoms with E-state index < -0.39 is 22.0 Å². The van der Waals surface area contributed by atoms with Crippen molar-refractivity contribution in [3.63, 3.8) is 0 Å². The highest BCUT2D eigenvalue weighted by molar-refractivity contribution is 7.89. The maximum Gasteiger partial charge on any atom is 0.266 e. The van der Waals surface area contributed by atoms with Crippen LogP contribution in [0.1, 0.15) is 19.4 Å². The number of nitrogens with zero attached hydrogens (tertiary/aromatic N) is 2. The van der Waals surface area contributed by atoms with Gasteiger partial charge in [0.1, 0.15) is 6.04 Å². The van der Waals surface area contributed by atoms with E-state index in [4.69, 9.17) is 0 Å². The predicted octanol–water partition coefficient (Wildman–Crippen LogP) is 2.98. The van der Waals surface area contributed by atoms with Crippen molar-refractivity contribution in [1.82, 2.24) is 9.29 Å². The zero-order valence-electron chi connectivity index (χ0n) is 16.2. The molecule has 8 heteroatoms. The number of hydrogen-bond acceptors (Lipinski definition) is 4. The van der Waals surface area contributed by atoms with Gasteiger partial charge in [-0.1, -0.05) is 55.0 Å². The molecule has 1 N–H and O–H groups in total. The highest BCUT2D eigenvalue weighted by Gasteiger charge is 2.28. The maximum atomic E-state index is 12.8. The molecule has 0 radical (unpaired) electrons. The van der Waals surface area contributed by atoms with Crippen molar-refractivity contribution >= 4 is 37.5 Å². The van der Waals surface area contributed by atoms with E-state index in [1.807, 2.05) is 42.8 Å². The number of carbonyl (C=O) groups is 1. The van der Waals surface area contributed by atoms with E-state index in [9.17, 15) is 13.2 Å². The molecule has 28 heavy (non-hydrogen) atoms. The average Bonchev–Trinajstić information content (AvgIpc) is 2.96. The van der Waals surface area contributed by atoms with Crippen molar-refractivity contribution in [2.45, 2.75) is 31.7 Å². The number of rotatable bonds is 5. The van der Waals surface area contributed by atoms with Crippen LogP contribution in [0.5, 0.6) is 0 Å². The van der Waals surface area contributed by atoms with E-state index in [2.05, 4.69) is 9.71 Å². The number of aryl methyl sites for hydroxylation is 2. The van der Waals surface area contributed by atoms with Crippen LogP contribution in [0, 0.1) is 12.8 Å². The van der Waals surface area contributed by atoms with Gasteiger partial charge < -0.3 is 4.57 Å². The van der Waals surface area contributed by atoms with E-state index in [1.165, 1.54) is 23.5 Å². The van der Waals surface area contributed by atoms with Crippen molar-refractivity contribution in [3.8, 4) is 0 Å². The molecule has 1 amide bonds. The van der Waals surface area contributed by atoms with Gasteiger partial charge in [0.2, 0.25) is 10.0 Å². The summed E-state index contributed by atoms with van der Waals surface area (Å²) in [6.45, 7) is 5.47. The van der Waals surface area contributed by atoms with E-state index in [0.717, 1.165) is 15.8 Å². The number of amides is 1. The summed E-state index contributed by atoms with van der Waals surface area (Å²) in [4.78, 5) is 17.7. The topological polar surface area (TPSA) is 80.5 Å². The van der Waals surface area contributed by atoms with Crippen LogP contribution in [0.4, 0.5) is 0 Å². The standard InChI is InChI=1S/C20H23N3O3S2/c1-13(2)18(22-28(25,26)15-11-9-14(3)10-12-15)19(24)21-20-23(4)16-7-5-6-8-17(16)27-20/h5-13,18,22H,1-4H3/t18-/m0/s1. The highest BCUT2D eigenvalue weighted by Crippen LogP contribution is 2.16. The first kappa shape index (κ1) is 20.4. The molecule has 0 fully saturated rings. The fourth-order valence-corrected chi connectivity index (χ4v) is 5.14. The first-order chi connectivity index (χ1) is 13.2. The van der Waals surface area contributed by atoms with Crippen LogP contribution in [0.3, 0.4) is 0 Å². The molecule has 0 unspecified atom stereocenters. The fraction of sp³-hybridized carbons (Fsp3) is 0.300. The Morgan fingerprint density at radius 2 is 1.75 bits per heavy atom. The molecule has 0 saturated carbocycles. The molecular weight excluding hydrogens is 394 g/mol. The van der Waals surface area contributed by atoms with Crippen LogP contribution in [-0.4, -0.2) is 24.9 Å². The van der Waals surface area contributed by atoms with Crippen LogP contribution >= 0.6 is 11.3 Å². The second-order valence-corrected chi connectivity index (χ2v) is 9.74. The summed E-state index contributed by atoms with van der Waals surface area (Å²) >= 11 is 1.40. The van der Waals surface area contributed by atoms with E-state index >= 15 is 0 Å². The lowest BCUT2D eigenvalue weighted by Crippen LogP contribution is -2.44. The third kappa shape index (κ3) is 4.24. The van der Waals surface area contributed by atoms with Gasteiger partial charge in [-0.25, -0.2) is 8.42 Å². The Hall–Kier alpha value is -2.29. The van der Waals surface area contributed by atoms with Crippen molar-refractivity contribution in [2.75, 3.05) is 0 Å². The number of sulfonamides is 1. The number of aromatic nitrogens is 1. The zero-order chi connectivity index (χ0) is 20.5. The van der Waals surface area contributed by atoms with E-state index in [0.29, 0.717) is 4.80 Å². The molecule has 6 nitrogen and oxygen atoms in total. The van der Waals surface area contributed by atoms with Gasteiger partial charge in [0.15, 0.2) is 4.80 Å². The molecule has 3 aromatic rings. The van der Waals surface area contributed by atoms with Gasteiger partial charge in [-0.05, 0) is 37.1 Å². The summed E-state index contributed by atoms with van der Waals surface area (Å²) in [5.74, 6) is -0.760. The monoisotopic (exact) mass is 417 g/mol. The first-order valence-electron chi connectivity index (χ1n) is 8.91. The van der Waals surface area contributed by atoms with E-state index in [1.54, 1.807) is 26.0 Å². The van der Waals surface area contributed by atoms with Gasteiger partial charge >= 0.3 is 0 Å². The molecule has 2 aromatic carbocycles. The Morgan fingerprint density at radius 3 is 2.36 bits per heavy atom.